The molecule has 8 heteroatoms. The zero-order valence-corrected chi connectivity index (χ0v) is 14.1. The third kappa shape index (κ3) is 5.17. The Morgan fingerprint density at radius 2 is 1.92 bits per heavy atom. The molecule has 0 radical (unpaired) electrons. The molecular formula is C16H27N5O3. The summed E-state index contributed by atoms with van der Waals surface area (Å²) in [5, 5.41) is 7.06. The van der Waals surface area contributed by atoms with Gasteiger partial charge in [0.2, 0.25) is 0 Å². The molecule has 0 aliphatic carbocycles. The number of amides is 2. The maximum atomic E-state index is 12.5. The van der Waals surface area contributed by atoms with Crippen LogP contribution in [-0.2, 0) is 16.0 Å². The van der Waals surface area contributed by atoms with Crippen LogP contribution in [0.4, 0.5) is 4.79 Å². The van der Waals surface area contributed by atoms with Crippen LogP contribution in [0, 0.1) is 0 Å². The third-order valence-electron chi connectivity index (χ3n) is 4.49. The van der Waals surface area contributed by atoms with Gasteiger partial charge in [0.05, 0.1) is 12.2 Å². The number of hydrogen-bond donors (Lipinski definition) is 1. The fourth-order valence-electron chi connectivity index (χ4n) is 3.21. The zero-order valence-electron chi connectivity index (χ0n) is 14.1. The quantitative estimate of drug-likeness (QED) is 0.717. The van der Waals surface area contributed by atoms with E-state index in [1.807, 2.05) is 4.90 Å². The van der Waals surface area contributed by atoms with Crippen LogP contribution in [0.5, 0.6) is 0 Å². The average Bonchev–Trinajstić information content (AvgIpc) is 3.33. The smallest absolute Gasteiger partial charge is 0.317 e. The van der Waals surface area contributed by atoms with E-state index in [9.17, 15) is 4.79 Å². The Balaban J connectivity index is 1.43. The third-order valence-corrected chi connectivity index (χ3v) is 4.49. The molecule has 3 heterocycles. The fraction of sp³-hybridized carbons (Fsp3) is 0.812. The molecule has 134 valence electrons. The van der Waals surface area contributed by atoms with Gasteiger partial charge in [0.25, 0.3) is 0 Å². The monoisotopic (exact) mass is 337 g/mol. The van der Waals surface area contributed by atoms with Crippen molar-refractivity contribution in [2.24, 2.45) is 0 Å². The van der Waals surface area contributed by atoms with E-state index < -0.39 is 0 Å². The number of carbonyl (C=O) groups is 1. The lowest BCUT2D eigenvalue weighted by atomic mass is 10.2. The molecule has 0 aromatic carbocycles. The molecule has 2 aliphatic rings. The minimum atomic E-state index is -0.0282. The molecule has 24 heavy (non-hydrogen) atoms. The number of urea groups is 1. The SMILES string of the molecule is O=C(NCCCn1cncn1)N(C[C@H]1CCCO1)C[C@@H]1CCCO1. The summed E-state index contributed by atoms with van der Waals surface area (Å²) in [5.41, 5.74) is 0. The number of rotatable bonds is 8. The van der Waals surface area contributed by atoms with E-state index in [2.05, 4.69) is 15.4 Å². The van der Waals surface area contributed by atoms with Gasteiger partial charge in [0.15, 0.2) is 0 Å². The molecule has 1 aromatic heterocycles. The highest BCUT2D eigenvalue weighted by molar-refractivity contribution is 5.74. The second kappa shape index (κ2) is 8.98. The molecule has 0 saturated carbocycles. The number of nitrogens with one attached hydrogen (secondary N) is 1. The van der Waals surface area contributed by atoms with Crippen molar-refractivity contribution in [2.45, 2.75) is 50.9 Å². The van der Waals surface area contributed by atoms with Gasteiger partial charge in [-0.1, -0.05) is 0 Å². The van der Waals surface area contributed by atoms with Crippen LogP contribution in [0.2, 0.25) is 0 Å². The van der Waals surface area contributed by atoms with Gasteiger partial charge in [-0.25, -0.2) is 9.78 Å². The highest BCUT2D eigenvalue weighted by Crippen LogP contribution is 2.17. The second-order valence-corrected chi connectivity index (χ2v) is 6.42. The average molecular weight is 337 g/mol. The maximum Gasteiger partial charge on any atom is 0.317 e. The molecule has 2 amide bonds. The summed E-state index contributed by atoms with van der Waals surface area (Å²) in [6, 6.07) is -0.0282. The molecule has 8 nitrogen and oxygen atoms in total. The van der Waals surface area contributed by atoms with E-state index in [1.54, 1.807) is 11.0 Å². The molecule has 1 N–H and O–H groups in total. The summed E-state index contributed by atoms with van der Waals surface area (Å²) < 4.78 is 13.1. The lowest BCUT2D eigenvalue weighted by molar-refractivity contribution is 0.0499. The first kappa shape index (κ1) is 17.2. The zero-order chi connectivity index (χ0) is 16.6. The summed E-state index contributed by atoms with van der Waals surface area (Å²) in [6.07, 6.45) is 8.56. The molecule has 3 rings (SSSR count). The summed E-state index contributed by atoms with van der Waals surface area (Å²) >= 11 is 0. The Labute approximate surface area is 142 Å². The van der Waals surface area contributed by atoms with Gasteiger partial charge in [0.1, 0.15) is 12.7 Å². The largest absolute Gasteiger partial charge is 0.376 e. The topological polar surface area (TPSA) is 81.5 Å². The van der Waals surface area contributed by atoms with Gasteiger partial charge in [0, 0.05) is 39.4 Å². The molecule has 2 fully saturated rings. The van der Waals surface area contributed by atoms with Crippen LogP contribution in [0.15, 0.2) is 12.7 Å². The van der Waals surface area contributed by atoms with Gasteiger partial charge in [-0.15, -0.1) is 0 Å². The predicted molar refractivity (Wildman–Crippen MR) is 87.6 cm³/mol. The van der Waals surface area contributed by atoms with Gasteiger partial charge in [-0.05, 0) is 32.1 Å². The lowest BCUT2D eigenvalue weighted by Gasteiger charge is -2.28. The summed E-state index contributed by atoms with van der Waals surface area (Å²) in [4.78, 5) is 18.3. The van der Waals surface area contributed by atoms with Crippen LogP contribution in [-0.4, -0.2) is 70.8 Å². The van der Waals surface area contributed by atoms with E-state index in [-0.39, 0.29) is 18.2 Å². The van der Waals surface area contributed by atoms with Crippen molar-refractivity contribution in [1.29, 1.82) is 0 Å². The Morgan fingerprint density at radius 3 is 2.46 bits per heavy atom. The fourth-order valence-corrected chi connectivity index (χ4v) is 3.21. The Kier molecular flexibility index (Phi) is 6.42. The summed E-state index contributed by atoms with van der Waals surface area (Å²) in [7, 11) is 0. The normalized spacial score (nSPS) is 23.5. The van der Waals surface area contributed by atoms with Crippen LogP contribution in [0.1, 0.15) is 32.1 Å². The second-order valence-electron chi connectivity index (χ2n) is 6.42. The van der Waals surface area contributed by atoms with Crippen molar-refractivity contribution >= 4 is 6.03 Å². The summed E-state index contributed by atoms with van der Waals surface area (Å²) in [5.74, 6) is 0. The number of ether oxygens (including phenoxy) is 2. The van der Waals surface area contributed by atoms with Gasteiger partial charge in [-0.2, -0.15) is 5.10 Å². The predicted octanol–water partition coefficient (Wildman–Crippen LogP) is 1.04. The highest BCUT2D eigenvalue weighted by Gasteiger charge is 2.26. The first-order valence-electron chi connectivity index (χ1n) is 8.89. The minimum absolute atomic E-state index is 0.0282. The van der Waals surface area contributed by atoms with Crippen molar-refractivity contribution in [3.05, 3.63) is 12.7 Å². The molecule has 2 saturated heterocycles. The van der Waals surface area contributed by atoms with Crippen LogP contribution >= 0.6 is 0 Å². The molecule has 0 bridgehead atoms. The van der Waals surface area contributed by atoms with Crippen molar-refractivity contribution in [2.75, 3.05) is 32.8 Å². The maximum absolute atomic E-state index is 12.5. The van der Waals surface area contributed by atoms with E-state index in [4.69, 9.17) is 9.47 Å². The van der Waals surface area contributed by atoms with Crippen LogP contribution in [0.25, 0.3) is 0 Å². The van der Waals surface area contributed by atoms with E-state index in [1.165, 1.54) is 6.33 Å². The Hall–Kier alpha value is -1.67. The first-order chi connectivity index (χ1) is 11.8. The Bertz CT molecular complexity index is 466. The number of hydrogen-bond acceptors (Lipinski definition) is 5. The van der Waals surface area contributed by atoms with Crippen molar-refractivity contribution < 1.29 is 14.3 Å². The van der Waals surface area contributed by atoms with Gasteiger partial charge >= 0.3 is 6.03 Å². The van der Waals surface area contributed by atoms with Crippen molar-refractivity contribution in [3.63, 3.8) is 0 Å². The minimum Gasteiger partial charge on any atom is -0.376 e. The van der Waals surface area contributed by atoms with E-state index in [0.29, 0.717) is 19.6 Å². The van der Waals surface area contributed by atoms with Crippen LogP contribution in [0.3, 0.4) is 0 Å². The standard InChI is InChI=1S/C16H27N5O3/c22-16(18-6-3-7-21-13-17-12-19-21)20(10-14-4-1-8-23-14)11-15-5-2-9-24-15/h12-15H,1-11H2,(H,18,22)/t14-,15+. The van der Waals surface area contributed by atoms with Gasteiger partial charge in [-0.3, -0.25) is 4.68 Å². The van der Waals surface area contributed by atoms with Gasteiger partial charge < -0.3 is 19.7 Å². The highest BCUT2D eigenvalue weighted by atomic mass is 16.5. The Morgan fingerprint density at radius 1 is 1.21 bits per heavy atom. The number of aryl methyl sites for hydroxylation is 1. The molecule has 0 spiro atoms. The van der Waals surface area contributed by atoms with Crippen molar-refractivity contribution in [3.8, 4) is 0 Å². The van der Waals surface area contributed by atoms with E-state index >= 15 is 0 Å². The molecule has 0 unspecified atom stereocenters. The van der Waals surface area contributed by atoms with E-state index in [0.717, 1.165) is 51.9 Å². The lowest BCUT2D eigenvalue weighted by Crippen LogP contribution is -2.47. The molecular weight excluding hydrogens is 310 g/mol. The molecule has 2 atom stereocenters. The first-order valence-corrected chi connectivity index (χ1v) is 8.89. The number of carbonyl (C=O) groups excluding carboxylic acids is 1. The van der Waals surface area contributed by atoms with Crippen LogP contribution < -0.4 is 5.32 Å². The summed E-state index contributed by atoms with van der Waals surface area (Å²) in [6.45, 7) is 4.27. The molecule has 1 aromatic rings. The molecule has 2 aliphatic heterocycles. The van der Waals surface area contributed by atoms with Crippen molar-refractivity contribution in [1.82, 2.24) is 25.0 Å². The number of aromatic nitrogens is 3. The number of nitrogens with zero attached hydrogens (tertiary/aromatic N) is 4.